The third-order valence-corrected chi connectivity index (χ3v) is 13.5. The summed E-state index contributed by atoms with van der Waals surface area (Å²) < 4.78 is 16.9. The number of rotatable bonds is 58. The molecule has 0 aliphatic heterocycles. The van der Waals surface area contributed by atoms with Crippen molar-refractivity contribution in [3.63, 3.8) is 0 Å². The summed E-state index contributed by atoms with van der Waals surface area (Å²) in [6.07, 6.45) is 101. The zero-order valence-corrected chi connectivity index (χ0v) is 52.7. The van der Waals surface area contributed by atoms with Crippen molar-refractivity contribution in [2.75, 3.05) is 13.2 Å². The molecule has 6 heteroatoms. The Bertz CT molecular complexity index is 1870. The van der Waals surface area contributed by atoms with E-state index in [0.29, 0.717) is 12.8 Å². The molecule has 0 aromatic carbocycles. The second-order valence-electron chi connectivity index (χ2n) is 21.3. The van der Waals surface area contributed by atoms with Crippen LogP contribution in [0, 0.1) is 0 Å². The maximum Gasteiger partial charge on any atom is 0.306 e. The largest absolute Gasteiger partial charge is 0.462 e. The highest BCUT2D eigenvalue weighted by Crippen LogP contribution is 2.14. The monoisotopic (exact) mass is 1130 g/mol. The van der Waals surface area contributed by atoms with Gasteiger partial charge >= 0.3 is 17.9 Å². The Morgan fingerprint density at radius 3 is 0.756 bits per heavy atom. The predicted molar refractivity (Wildman–Crippen MR) is 357 cm³/mol. The minimum atomic E-state index is -0.807. The van der Waals surface area contributed by atoms with E-state index >= 15 is 0 Å². The van der Waals surface area contributed by atoms with Crippen molar-refractivity contribution in [1.82, 2.24) is 0 Å². The van der Waals surface area contributed by atoms with Gasteiger partial charge in [-0.2, -0.15) is 0 Å². The van der Waals surface area contributed by atoms with Gasteiger partial charge in [0.05, 0.1) is 0 Å². The number of hydrogen-bond acceptors (Lipinski definition) is 6. The van der Waals surface area contributed by atoms with E-state index in [-0.39, 0.29) is 37.5 Å². The second kappa shape index (κ2) is 68.3. The van der Waals surface area contributed by atoms with Crippen molar-refractivity contribution >= 4 is 17.9 Å². The average molecular weight is 1130 g/mol. The molecule has 460 valence electrons. The first kappa shape index (κ1) is 76.8. The van der Waals surface area contributed by atoms with Gasteiger partial charge in [-0.25, -0.2) is 0 Å². The molecule has 1 unspecified atom stereocenters. The van der Waals surface area contributed by atoms with Crippen LogP contribution < -0.4 is 0 Å². The summed E-state index contributed by atoms with van der Waals surface area (Å²) in [5, 5.41) is 0. The van der Waals surface area contributed by atoms with Crippen LogP contribution in [0.3, 0.4) is 0 Å². The molecule has 0 N–H and O–H groups in total. The SMILES string of the molecule is CC/C=C\C/C=C\C/C=C\C/C=C\C/C=C\C/C=C\C/C=C\C/C=C\C/C=C\CCCCCCCCCC(=O)OCC(COC(=O)CCCCCCCCCCCC)OC(=O)CCCCC/C=C\C/C=C\C/C=C\C/C=C\C/C=C\CC. The van der Waals surface area contributed by atoms with E-state index in [1.807, 2.05) is 0 Å². The van der Waals surface area contributed by atoms with Crippen molar-refractivity contribution in [2.45, 2.75) is 277 Å². The van der Waals surface area contributed by atoms with E-state index in [1.165, 1.54) is 70.6 Å². The first-order valence-corrected chi connectivity index (χ1v) is 33.1. The predicted octanol–water partition coefficient (Wildman–Crippen LogP) is 23.0. The minimum Gasteiger partial charge on any atom is -0.462 e. The Balaban J connectivity index is 4.30. The Morgan fingerprint density at radius 2 is 0.476 bits per heavy atom. The van der Waals surface area contributed by atoms with Gasteiger partial charge in [-0.3, -0.25) is 14.4 Å². The molecule has 0 fully saturated rings. The summed E-state index contributed by atoms with van der Waals surface area (Å²) in [6.45, 7) is 6.36. The smallest absolute Gasteiger partial charge is 0.306 e. The molecule has 0 aliphatic carbocycles. The van der Waals surface area contributed by atoms with Crippen LogP contribution in [0.5, 0.6) is 0 Å². The topological polar surface area (TPSA) is 78.9 Å². The van der Waals surface area contributed by atoms with Crippen molar-refractivity contribution in [2.24, 2.45) is 0 Å². The number of carbonyl (C=O) groups excluding carboxylic acids is 3. The molecule has 0 aromatic rings. The van der Waals surface area contributed by atoms with Crippen LogP contribution in [0.1, 0.15) is 271 Å². The molecule has 0 radical (unpaired) electrons. The summed E-state index contributed by atoms with van der Waals surface area (Å²) >= 11 is 0. The van der Waals surface area contributed by atoms with Gasteiger partial charge in [0.1, 0.15) is 13.2 Å². The fourth-order valence-corrected chi connectivity index (χ4v) is 8.58. The van der Waals surface area contributed by atoms with Gasteiger partial charge in [-0.05, 0) is 135 Å². The third-order valence-electron chi connectivity index (χ3n) is 13.5. The Kier molecular flexibility index (Phi) is 63.9. The number of hydrogen-bond donors (Lipinski definition) is 0. The van der Waals surface area contributed by atoms with E-state index in [0.717, 1.165) is 161 Å². The summed E-state index contributed by atoms with van der Waals surface area (Å²) in [4.78, 5) is 38.2. The Labute approximate surface area is 504 Å². The van der Waals surface area contributed by atoms with Gasteiger partial charge in [-0.15, -0.1) is 0 Å². The minimum absolute atomic E-state index is 0.0996. The maximum absolute atomic E-state index is 12.9. The first-order chi connectivity index (χ1) is 40.5. The van der Waals surface area contributed by atoms with Gasteiger partial charge in [0, 0.05) is 19.3 Å². The highest BCUT2D eigenvalue weighted by atomic mass is 16.6. The van der Waals surface area contributed by atoms with E-state index in [9.17, 15) is 14.4 Å². The van der Waals surface area contributed by atoms with Gasteiger partial charge in [0.25, 0.3) is 0 Å². The molecule has 1 atom stereocenters. The number of unbranched alkanes of at least 4 members (excludes halogenated alkanes) is 19. The van der Waals surface area contributed by atoms with Crippen LogP contribution in [-0.4, -0.2) is 37.2 Å². The molecule has 0 spiro atoms. The molecular formula is C76H120O6. The summed E-state index contributed by atoms with van der Waals surface area (Å²) in [7, 11) is 0. The summed E-state index contributed by atoms with van der Waals surface area (Å²) in [5.74, 6) is -0.949. The van der Waals surface area contributed by atoms with Gasteiger partial charge in [0.15, 0.2) is 6.10 Å². The quantitative estimate of drug-likeness (QED) is 0.0261. The molecule has 0 bridgehead atoms. The summed E-state index contributed by atoms with van der Waals surface area (Å²) in [5.41, 5.74) is 0. The van der Waals surface area contributed by atoms with Crippen molar-refractivity contribution in [1.29, 1.82) is 0 Å². The molecule has 0 aromatic heterocycles. The molecular weight excluding hydrogens is 1010 g/mol. The van der Waals surface area contributed by atoms with Crippen molar-refractivity contribution in [3.8, 4) is 0 Å². The first-order valence-electron chi connectivity index (χ1n) is 33.1. The number of ether oxygens (including phenoxy) is 3. The number of allylic oxidation sites excluding steroid dienone is 28. The molecule has 82 heavy (non-hydrogen) atoms. The fraction of sp³-hybridized carbons (Fsp3) is 0.592. The molecule has 0 heterocycles. The van der Waals surface area contributed by atoms with Crippen LogP contribution in [-0.2, 0) is 28.6 Å². The normalized spacial score (nSPS) is 13.3. The zero-order valence-electron chi connectivity index (χ0n) is 52.7. The number of esters is 3. The van der Waals surface area contributed by atoms with Crippen LogP contribution in [0.4, 0.5) is 0 Å². The summed E-state index contributed by atoms with van der Waals surface area (Å²) in [6, 6.07) is 0. The lowest BCUT2D eigenvalue weighted by Crippen LogP contribution is -2.30. The molecule has 0 aliphatic rings. The number of carbonyl (C=O) groups is 3. The van der Waals surface area contributed by atoms with Crippen LogP contribution >= 0.6 is 0 Å². The van der Waals surface area contributed by atoms with Crippen LogP contribution in [0.15, 0.2) is 170 Å². The van der Waals surface area contributed by atoms with Gasteiger partial charge in [-0.1, -0.05) is 287 Å². The van der Waals surface area contributed by atoms with E-state index in [2.05, 4.69) is 191 Å². The lowest BCUT2D eigenvalue weighted by Gasteiger charge is -2.18. The third kappa shape index (κ3) is 65.6. The second-order valence-corrected chi connectivity index (χ2v) is 21.3. The molecule has 6 nitrogen and oxygen atoms in total. The van der Waals surface area contributed by atoms with Crippen molar-refractivity contribution in [3.05, 3.63) is 170 Å². The van der Waals surface area contributed by atoms with Crippen molar-refractivity contribution < 1.29 is 28.6 Å². The highest BCUT2D eigenvalue weighted by Gasteiger charge is 2.19. The zero-order chi connectivity index (χ0) is 59.2. The maximum atomic E-state index is 12.9. The van der Waals surface area contributed by atoms with E-state index < -0.39 is 6.10 Å². The molecule has 0 amide bonds. The van der Waals surface area contributed by atoms with Gasteiger partial charge < -0.3 is 14.2 Å². The van der Waals surface area contributed by atoms with Crippen LogP contribution in [0.25, 0.3) is 0 Å². The standard InChI is InChI=1S/C76H120O6/c1-4-7-10-13-16-19-22-24-26-28-30-31-32-33-34-35-36-37-38-39-40-41-42-43-44-45-47-48-50-52-54-57-60-63-66-69-75(78)81-72-73(71-80-74(77)68-65-62-59-56-21-18-15-12-9-6-3)82-76(79)70-67-64-61-58-55-53-51-49-46-29-27-25-23-20-17-14-11-8-5-2/h7-8,10-11,16-17,19-20,24-27,30-31,33-34,36-37,39-40,42-43,45-47,49,53,55,73H,4-6,9,12-15,18,21-23,28-29,32,35,38,41,44,48,50-52,54,56-72H2,1-3H3/b10-7-,11-8-,19-16-,20-17-,26-24-,27-25-,31-30-,34-33-,37-36-,40-39-,43-42-,47-45-,49-46-,55-53-. The molecule has 0 saturated heterocycles. The average Bonchev–Trinajstić information content (AvgIpc) is 3.48. The lowest BCUT2D eigenvalue weighted by molar-refractivity contribution is -0.167. The Morgan fingerprint density at radius 1 is 0.256 bits per heavy atom. The van der Waals surface area contributed by atoms with Crippen LogP contribution in [0.2, 0.25) is 0 Å². The Hall–Kier alpha value is -5.23. The van der Waals surface area contributed by atoms with E-state index in [1.54, 1.807) is 0 Å². The fourth-order valence-electron chi connectivity index (χ4n) is 8.58. The van der Waals surface area contributed by atoms with E-state index in [4.69, 9.17) is 14.2 Å². The lowest BCUT2D eigenvalue weighted by atomic mass is 10.1. The highest BCUT2D eigenvalue weighted by molar-refractivity contribution is 5.71. The van der Waals surface area contributed by atoms with Gasteiger partial charge in [0.2, 0.25) is 0 Å². The molecule has 0 saturated carbocycles. The molecule has 0 rings (SSSR count).